The van der Waals surface area contributed by atoms with Crippen molar-refractivity contribution in [2.45, 2.75) is 53.4 Å². The van der Waals surface area contributed by atoms with Gasteiger partial charge in [-0.2, -0.15) is 0 Å². The van der Waals surface area contributed by atoms with Crippen LogP contribution in [0.2, 0.25) is 0 Å². The summed E-state index contributed by atoms with van der Waals surface area (Å²) in [4.78, 5) is 0. The zero-order valence-corrected chi connectivity index (χ0v) is 12.2. The molecule has 0 aromatic rings. The highest BCUT2D eigenvalue weighted by molar-refractivity contribution is 6.50. The van der Waals surface area contributed by atoms with Gasteiger partial charge in [0.15, 0.2) is 0 Å². The Hall–Kier alpha value is -0.255. The molecule has 1 nitrogen and oxygen atoms in total. The number of hydrogen-bond donors (Lipinski definition) is 0. The molecule has 0 aliphatic rings. The molecule has 0 rings (SSSR count). The second kappa shape index (κ2) is 10.6. The van der Waals surface area contributed by atoms with Crippen LogP contribution in [0.5, 0.6) is 0 Å². The zero-order valence-electron chi connectivity index (χ0n) is 12.2. The molecule has 0 fully saturated rings. The molecule has 0 unspecified atom stereocenters. The lowest BCUT2D eigenvalue weighted by atomic mass is 10.2. The zero-order chi connectivity index (χ0) is 14.7. The molecule has 0 atom stereocenters. The molecule has 0 spiro atoms. The van der Waals surface area contributed by atoms with Crippen molar-refractivity contribution in [1.82, 2.24) is 0 Å². The fraction of sp³-hybridized carbons (Fsp3) is 1.00. The molecule has 0 aromatic carbocycles. The minimum atomic E-state index is -6.00. The molecule has 0 bridgehead atoms. The molecule has 0 heterocycles. The van der Waals surface area contributed by atoms with E-state index in [0.29, 0.717) is 0 Å². The summed E-state index contributed by atoms with van der Waals surface area (Å²) < 4.78 is 40.3. The predicted molar refractivity (Wildman–Crippen MR) is 71.1 cm³/mol. The van der Waals surface area contributed by atoms with Crippen LogP contribution in [0, 0.1) is 0 Å². The summed E-state index contributed by atoms with van der Waals surface area (Å²) in [7, 11) is -6.00. The lowest BCUT2D eigenvalue weighted by molar-refractivity contribution is -0.925. The minimum absolute atomic E-state index is 1.32. The summed E-state index contributed by atoms with van der Waals surface area (Å²) in [6, 6.07) is 0. The number of quaternary nitrogens is 1. The van der Waals surface area contributed by atoms with Crippen LogP contribution < -0.4 is 0 Å². The maximum Gasteiger partial charge on any atom is 0.673 e. The molecule has 0 aliphatic carbocycles. The fourth-order valence-electron chi connectivity index (χ4n) is 1.95. The van der Waals surface area contributed by atoms with Gasteiger partial charge in [0.2, 0.25) is 0 Å². The quantitative estimate of drug-likeness (QED) is 0.340. The molecule has 0 aliphatic heterocycles. The minimum Gasteiger partial charge on any atom is -0.418 e. The summed E-state index contributed by atoms with van der Waals surface area (Å²) in [5.74, 6) is 0. The van der Waals surface area contributed by atoms with Gasteiger partial charge in [-0.3, -0.25) is 0 Å². The Morgan fingerprint density at radius 1 is 0.722 bits per heavy atom. The largest absolute Gasteiger partial charge is 0.673 e. The number of halogens is 4. The first-order chi connectivity index (χ1) is 8.24. The smallest absolute Gasteiger partial charge is 0.418 e. The number of nitrogens with zero attached hydrogens (tertiary/aromatic N) is 1. The highest BCUT2D eigenvalue weighted by Gasteiger charge is 2.21. The maximum atomic E-state index is 9.75. The Bertz CT molecular complexity index is 165. The molecular weight excluding hydrogens is 245 g/mol. The van der Waals surface area contributed by atoms with Crippen LogP contribution >= 0.6 is 0 Å². The van der Waals surface area contributed by atoms with Gasteiger partial charge in [0.05, 0.1) is 26.2 Å². The average Bonchev–Trinajstić information content (AvgIpc) is 2.28. The van der Waals surface area contributed by atoms with Crippen molar-refractivity contribution in [3.63, 3.8) is 0 Å². The monoisotopic (exact) mass is 273 g/mol. The van der Waals surface area contributed by atoms with Crippen molar-refractivity contribution in [3.05, 3.63) is 0 Å². The Morgan fingerprint density at radius 3 is 1.17 bits per heavy atom. The third-order valence-corrected chi connectivity index (χ3v) is 3.31. The van der Waals surface area contributed by atoms with E-state index in [4.69, 9.17) is 0 Å². The third kappa shape index (κ3) is 13.8. The van der Waals surface area contributed by atoms with Gasteiger partial charge in [-0.15, -0.1) is 0 Å². The first-order valence-corrected chi connectivity index (χ1v) is 6.97. The summed E-state index contributed by atoms with van der Waals surface area (Å²) in [6.45, 7) is 14.7. The highest BCUT2D eigenvalue weighted by Crippen LogP contribution is 2.11. The van der Waals surface area contributed by atoms with E-state index in [-0.39, 0.29) is 0 Å². The molecule has 0 radical (unpaired) electrons. The van der Waals surface area contributed by atoms with Crippen molar-refractivity contribution in [3.8, 4) is 0 Å². The van der Waals surface area contributed by atoms with Crippen LogP contribution in [0.25, 0.3) is 0 Å². The third-order valence-electron chi connectivity index (χ3n) is 3.31. The molecule has 0 amide bonds. The van der Waals surface area contributed by atoms with Crippen LogP contribution in [0.3, 0.4) is 0 Å². The van der Waals surface area contributed by atoms with Gasteiger partial charge >= 0.3 is 7.25 Å². The number of rotatable bonds is 8. The molecule has 0 saturated heterocycles. The van der Waals surface area contributed by atoms with Gasteiger partial charge < -0.3 is 21.7 Å². The second-order valence-electron chi connectivity index (χ2n) is 4.62. The summed E-state index contributed by atoms with van der Waals surface area (Å²) >= 11 is 0. The average molecular weight is 273 g/mol. The molecular formula is C12H28BF4N. The summed E-state index contributed by atoms with van der Waals surface area (Å²) in [5, 5.41) is 0. The molecule has 18 heavy (non-hydrogen) atoms. The molecule has 0 aromatic heterocycles. The fourth-order valence-corrected chi connectivity index (χ4v) is 1.95. The van der Waals surface area contributed by atoms with Crippen molar-refractivity contribution in [2.75, 3.05) is 26.2 Å². The van der Waals surface area contributed by atoms with E-state index in [0.717, 1.165) is 0 Å². The first-order valence-electron chi connectivity index (χ1n) is 6.97. The van der Waals surface area contributed by atoms with E-state index >= 15 is 0 Å². The SMILES string of the molecule is CCCC[N+](CC)(CC)CCCC.F[B-](F)(F)F. The van der Waals surface area contributed by atoms with Gasteiger partial charge in [-0.1, -0.05) is 26.7 Å². The van der Waals surface area contributed by atoms with E-state index in [1.54, 1.807) is 0 Å². The molecule has 112 valence electrons. The molecule has 6 heteroatoms. The first kappa shape index (κ1) is 20.1. The van der Waals surface area contributed by atoms with E-state index in [1.165, 1.54) is 56.3 Å². The van der Waals surface area contributed by atoms with Crippen LogP contribution in [0.4, 0.5) is 17.3 Å². The van der Waals surface area contributed by atoms with Crippen molar-refractivity contribution in [2.24, 2.45) is 0 Å². The Morgan fingerprint density at radius 2 is 1.00 bits per heavy atom. The van der Waals surface area contributed by atoms with Crippen LogP contribution in [-0.2, 0) is 0 Å². The lowest BCUT2D eigenvalue weighted by Crippen LogP contribution is -2.49. The van der Waals surface area contributed by atoms with Gasteiger partial charge in [0, 0.05) is 0 Å². The van der Waals surface area contributed by atoms with E-state index in [1.807, 2.05) is 0 Å². The number of hydrogen-bond acceptors (Lipinski definition) is 0. The summed E-state index contributed by atoms with van der Waals surface area (Å²) in [6.07, 6.45) is 5.47. The van der Waals surface area contributed by atoms with Crippen molar-refractivity contribution in [1.29, 1.82) is 0 Å². The van der Waals surface area contributed by atoms with Gasteiger partial charge in [-0.05, 0) is 26.7 Å². The topological polar surface area (TPSA) is 0 Å². The van der Waals surface area contributed by atoms with Gasteiger partial charge in [0.25, 0.3) is 0 Å². The van der Waals surface area contributed by atoms with Crippen LogP contribution in [0.15, 0.2) is 0 Å². The maximum absolute atomic E-state index is 9.75. The Labute approximate surface area is 109 Å². The Kier molecular flexibility index (Phi) is 11.9. The van der Waals surface area contributed by atoms with Gasteiger partial charge in [-0.25, -0.2) is 0 Å². The standard InChI is InChI=1S/C12H28N.BF4/c1-5-9-11-13(7-3,8-4)12-10-6-2;2-1(3,4)5/h5-12H2,1-4H3;/q+1;-1. The van der Waals surface area contributed by atoms with Crippen LogP contribution in [-0.4, -0.2) is 37.9 Å². The lowest BCUT2D eigenvalue weighted by Gasteiger charge is -2.37. The van der Waals surface area contributed by atoms with Crippen molar-refractivity contribution < 1.29 is 21.7 Å². The van der Waals surface area contributed by atoms with E-state index < -0.39 is 7.25 Å². The Balaban J connectivity index is 0. The highest BCUT2D eigenvalue weighted by atomic mass is 19.5. The number of unbranched alkanes of at least 4 members (excludes halogenated alkanes) is 2. The van der Waals surface area contributed by atoms with Crippen LogP contribution in [0.1, 0.15) is 53.4 Å². The summed E-state index contributed by atoms with van der Waals surface area (Å²) in [5.41, 5.74) is 0. The predicted octanol–water partition coefficient (Wildman–Crippen LogP) is 4.74. The molecule has 0 saturated carbocycles. The normalized spacial score (nSPS) is 12.0. The van der Waals surface area contributed by atoms with E-state index in [9.17, 15) is 17.3 Å². The van der Waals surface area contributed by atoms with Gasteiger partial charge in [0.1, 0.15) is 0 Å². The van der Waals surface area contributed by atoms with E-state index in [2.05, 4.69) is 27.7 Å². The second-order valence-corrected chi connectivity index (χ2v) is 4.62. The molecule has 0 N–H and O–H groups in total. The van der Waals surface area contributed by atoms with Crippen molar-refractivity contribution >= 4 is 7.25 Å².